The van der Waals surface area contributed by atoms with Crippen LogP contribution < -0.4 is 16.0 Å². The van der Waals surface area contributed by atoms with E-state index in [1.165, 1.54) is 0 Å². The summed E-state index contributed by atoms with van der Waals surface area (Å²) in [5, 5.41) is 2.72. The third-order valence-corrected chi connectivity index (χ3v) is 2.08. The number of amides is 1. The van der Waals surface area contributed by atoms with Crippen LogP contribution in [0, 0.1) is 0 Å². The van der Waals surface area contributed by atoms with E-state index in [2.05, 4.69) is 5.32 Å². The van der Waals surface area contributed by atoms with Gasteiger partial charge in [0.2, 0.25) is 0 Å². The molecule has 0 atom stereocenters. The SMILES string of the molecule is CN(C)c1ccc(C(=O)NCCN)cc1. The summed E-state index contributed by atoms with van der Waals surface area (Å²) in [5.74, 6) is -0.0780. The van der Waals surface area contributed by atoms with Crippen molar-refractivity contribution in [3.8, 4) is 0 Å². The first kappa shape index (κ1) is 11.5. The molecule has 1 amide bonds. The molecular formula is C11H17N3O. The quantitative estimate of drug-likeness (QED) is 0.753. The molecule has 0 aliphatic carbocycles. The zero-order valence-electron chi connectivity index (χ0n) is 9.16. The minimum absolute atomic E-state index is 0.0780. The van der Waals surface area contributed by atoms with Gasteiger partial charge in [-0.3, -0.25) is 4.79 Å². The molecule has 15 heavy (non-hydrogen) atoms. The van der Waals surface area contributed by atoms with E-state index < -0.39 is 0 Å². The van der Waals surface area contributed by atoms with Crippen LogP contribution in [0.4, 0.5) is 5.69 Å². The summed E-state index contributed by atoms with van der Waals surface area (Å²) < 4.78 is 0. The fourth-order valence-electron chi connectivity index (χ4n) is 1.20. The molecule has 0 saturated heterocycles. The lowest BCUT2D eigenvalue weighted by molar-refractivity contribution is 0.0955. The molecule has 0 unspecified atom stereocenters. The molecule has 0 heterocycles. The first-order valence-corrected chi connectivity index (χ1v) is 4.91. The third kappa shape index (κ3) is 3.25. The second-order valence-electron chi connectivity index (χ2n) is 3.49. The van der Waals surface area contributed by atoms with Gasteiger partial charge in [-0.05, 0) is 24.3 Å². The summed E-state index contributed by atoms with van der Waals surface area (Å²) in [4.78, 5) is 13.5. The number of nitrogens with one attached hydrogen (secondary N) is 1. The van der Waals surface area contributed by atoms with E-state index in [9.17, 15) is 4.79 Å². The average Bonchev–Trinajstić information content (AvgIpc) is 2.26. The number of benzene rings is 1. The molecular weight excluding hydrogens is 190 g/mol. The average molecular weight is 207 g/mol. The van der Waals surface area contributed by atoms with Crippen molar-refractivity contribution in [3.05, 3.63) is 29.8 Å². The Kier molecular flexibility index (Phi) is 4.12. The minimum Gasteiger partial charge on any atom is -0.378 e. The van der Waals surface area contributed by atoms with Crippen molar-refractivity contribution in [2.24, 2.45) is 5.73 Å². The second-order valence-corrected chi connectivity index (χ2v) is 3.49. The van der Waals surface area contributed by atoms with E-state index in [1.54, 1.807) is 12.1 Å². The zero-order valence-corrected chi connectivity index (χ0v) is 9.16. The molecule has 0 saturated carbocycles. The van der Waals surface area contributed by atoms with Gasteiger partial charge in [0.25, 0.3) is 5.91 Å². The molecule has 0 aliphatic rings. The summed E-state index contributed by atoms with van der Waals surface area (Å²) in [6.45, 7) is 0.968. The van der Waals surface area contributed by atoms with Crippen molar-refractivity contribution in [2.45, 2.75) is 0 Å². The molecule has 0 fully saturated rings. The fourth-order valence-corrected chi connectivity index (χ4v) is 1.20. The van der Waals surface area contributed by atoms with Gasteiger partial charge in [0.05, 0.1) is 0 Å². The molecule has 82 valence electrons. The number of anilines is 1. The molecule has 4 heteroatoms. The molecule has 1 rings (SSSR count). The molecule has 0 aliphatic heterocycles. The molecule has 0 radical (unpaired) electrons. The molecule has 0 spiro atoms. The Morgan fingerprint density at radius 3 is 2.40 bits per heavy atom. The molecule has 4 nitrogen and oxygen atoms in total. The van der Waals surface area contributed by atoms with Crippen LogP contribution in [0.1, 0.15) is 10.4 Å². The third-order valence-electron chi connectivity index (χ3n) is 2.08. The summed E-state index contributed by atoms with van der Waals surface area (Å²) in [7, 11) is 3.92. The van der Waals surface area contributed by atoms with E-state index in [1.807, 2.05) is 31.1 Å². The lowest BCUT2D eigenvalue weighted by Crippen LogP contribution is -2.28. The maximum Gasteiger partial charge on any atom is 0.251 e. The number of rotatable bonds is 4. The predicted molar refractivity (Wildman–Crippen MR) is 62.2 cm³/mol. The highest BCUT2D eigenvalue weighted by molar-refractivity contribution is 5.94. The summed E-state index contributed by atoms with van der Waals surface area (Å²) >= 11 is 0. The Morgan fingerprint density at radius 1 is 1.33 bits per heavy atom. The maximum absolute atomic E-state index is 11.5. The zero-order chi connectivity index (χ0) is 11.3. The van der Waals surface area contributed by atoms with Gasteiger partial charge < -0.3 is 16.0 Å². The number of carbonyl (C=O) groups excluding carboxylic acids is 1. The van der Waals surface area contributed by atoms with Crippen LogP contribution in [0.25, 0.3) is 0 Å². The first-order valence-electron chi connectivity index (χ1n) is 4.91. The van der Waals surface area contributed by atoms with E-state index in [4.69, 9.17) is 5.73 Å². The molecule has 0 aromatic heterocycles. The van der Waals surface area contributed by atoms with Crippen LogP contribution in [-0.2, 0) is 0 Å². The smallest absolute Gasteiger partial charge is 0.251 e. The normalized spacial score (nSPS) is 9.80. The van der Waals surface area contributed by atoms with Crippen LogP contribution in [0.2, 0.25) is 0 Å². The van der Waals surface area contributed by atoms with Crippen LogP contribution >= 0.6 is 0 Å². The number of nitrogens with two attached hydrogens (primary N) is 1. The fraction of sp³-hybridized carbons (Fsp3) is 0.364. The van der Waals surface area contributed by atoms with Crippen LogP contribution in [0.5, 0.6) is 0 Å². The Bertz CT molecular complexity index is 319. The summed E-state index contributed by atoms with van der Waals surface area (Å²) in [6.07, 6.45) is 0. The summed E-state index contributed by atoms with van der Waals surface area (Å²) in [6, 6.07) is 7.44. The topological polar surface area (TPSA) is 58.4 Å². The Balaban J connectivity index is 2.67. The maximum atomic E-state index is 11.5. The number of hydrogen-bond acceptors (Lipinski definition) is 3. The van der Waals surface area contributed by atoms with Gasteiger partial charge in [0, 0.05) is 38.4 Å². The molecule has 3 N–H and O–H groups in total. The summed E-state index contributed by atoms with van der Waals surface area (Å²) in [5.41, 5.74) is 7.03. The van der Waals surface area contributed by atoms with Gasteiger partial charge in [-0.25, -0.2) is 0 Å². The number of nitrogens with zero attached hydrogens (tertiary/aromatic N) is 1. The van der Waals surface area contributed by atoms with Gasteiger partial charge >= 0.3 is 0 Å². The van der Waals surface area contributed by atoms with Gasteiger partial charge in [0.15, 0.2) is 0 Å². The van der Waals surface area contributed by atoms with E-state index >= 15 is 0 Å². The highest BCUT2D eigenvalue weighted by Gasteiger charge is 2.04. The number of hydrogen-bond donors (Lipinski definition) is 2. The highest BCUT2D eigenvalue weighted by Crippen LogP contribution is 2.11. The lowest BCUT2D eigenvalue weighted by Gasteiger charge is -2.12. The van der Waals surface area contributed by atoms with Crippen molar-refractivity contribution >= 4 is 11.6 Å². The largest absolute Gasteiger partial charge is 0.378 e. The predicted octanol–water partition coefficient (Wildman–Crippen LogP) is 0.441. The van der Waals surface area contributed by atoms with E-state index in [0.29, 0.717) is 18.7 Å². The molecule has 1 aromatic carbocycles. The van der Waals surface area contributed by atoms with E-state index in [0.717, 1.165) is 5.69 Å². The van der Waals surface area contributed by atoms with Gasteiger partial charge in [-0.2, -0.15) is 0 Å². The molecule has 1 aromatic rings. The standard InChI is InChI=1S/C11H17N3O/c1-14(2)10-5-3-9(4-6-10)11(15)13-8-7-12/h3-6H,7-8,12H2,1-2H3,(H,13,15). The first-order chi connectivity index (χ1) is 7.15. The van der Waals surface area contributed by atoms with Gasteiger partial charge in [-0.1, -0.05) is 0 Å². The minimum atomic E-state index is -0.0780. The van der Waals surface area contributed by atoms with Crippen LogP contribution in [0.3, 0.4) is 0 Å². The van der Waals surface area contributed by atoms with Crippen molar-refractivity contribution in [1.29, 1.82) is 0 Å². The Hall–Kier alpha value is -1.55. The molecule has 0 bridgehead atoms. The second kappa shape index (κ2) is 5.36. The number of carbonyl (C=O) groups is 1. The van der Waals surface area contributed by atoms with E-state index in [-0.39, 0.29) is 5.91 Å². The van der Waals surface area contributed by atoms with Crippen molar-refractivity contribution in [1.82, 2.24) is 5.32 Å². The Labute approximate surface area is 90.1 Å². The lowest BCUT2D eigenvalue weighted by atomic mass is 10.2. The van der Waals surface area contributed by atoms with Gasteiger partial charge in [-0.15, -0.1) is 0 Å². The van der Waals surface area contributed by atoms with Gasteiger partial charge in [0.1, 0.15) is 0 Å². The highest BCUT2D eigenvalue weighted by atomic mass is 16.1. The Morgan fingerprint density at radius 2 is 1.93 bits per heavy atom. The monoisotopic (exact) mass is 207 g/mol. The van der Waals surface area contributed by atoms with Crippen molar-refractivity contribution in [3.63, 3.8) is 0 Å². The van der Waals surface area contributed by atoms with Crippen molar-refractivity contribution < 1.29 is 4.79 Å². The van der Waals surface area contributed by atoms with Crippen molar-refractivity contribution in [2.75, 3.05) is 32.1 Å². The van der Waals surface area contributed by atoms with Crippen LogP contribution in [-0.4, -0.2) is 33.1 Å². The van der Waals surface area contributed by atoms with Crippen LogP contribution in [0.15, 0.2) is 24.3 Å².